The molecule has 0 fully saturated rings. The molecule has 0 saturated heterocycles. The van der Waals surface area contributed by atoms with Crippen LogP contribution in [0.25, 0.3) is 0 Å². The summed E-state index contributed by atoms with van der Waals surface area (Å²) in [6.07, 6.45) is 7.03. The van der Waals surface area contributed by atoms with Crippen LogP contribution in [-0.2, 0) is 25.9 Å². The van der Waals surface area contributed by atoms with E-state index in [-0.39, 0.29) is 0 Å². The first-order chi connectivity index (χ1) is 9.33. The molecule has 0 bridgehead atoms. The molecular formula is C15H21N3S. The van der Waals surface area contributed by atoms with E-state index in [9.17, 15) is 0 Å². The van der Waals surface area contributed by atoms with Gasteiger partial charge in [-0.2, -0.15) is 0 Å². The van der Waals surface area contributed by atoms with Crippen LogP contribution < -0.4 is 5.32 Å². The second kappa shape index (κ2) is 5.88. The van der Waals surface area contributed by atoms with Crippen LogP contribution in [0.15, 0.2) is 18.5 Å². The minimum Gasteiger partial charge on any atom is -0.333 e. The fourth-order valence-corrected chi connectivity index (χ4v) is 3.57. The van der Waals surface area contributed by atoms with Crippen molar-refractivity contribution in [1.29, 1.82) is 0 Å². The normalized spacial score (nSPS) is 14.6. The number of thiophene rings is 1. The van der Waals surface area contributed by atoms with Gasteiger partial charge in [-0.1, -0.05) is 0 Å². The van der Waals surface area contributed by atoms with Crippen LogP contribution in [0.3, 0.4) is 0 Å². The summed E-state index contributed by atoms with van der Waals surface area (Å²) in [5.74, 6) is 0. The van der Waals surface area contributed by atoms with E-state index in [0.29, 0.717) is 0 Å². The maximum Gasteiger partial charge on any atom is 0.0952 e. The Bertz CT molecular complexity index is 541. The van der Waals surface area contributed by atoms with Crippen molar-refractivity contribution in [3.63, 3.8) is 0 Å². The van der Waals surface area contributed by atoms with E-state index in [1.807, 2.05) is 17.7 Å². The van der Waals surface area contributed by atoms with Crippen LogP contribution in [0, 0.1) is 6.92 Å². The summed E-state index contributed by atoms with van der Waals surface area (Å²) < 4.78 is 2.33. The van der Waals surface area contributed by atoms with E-state index in [1.165, 1.54) is 46.8 Å². The molecule has 0 spiro atoms. The Labute approximate surface area is 118 Å². The monoisotopic (exact) mass is 275 g/mol. The van der Waals surface area contributed by atoms with Gasteiger partial charge in [0.15, 0.2) is 0 Å². The van der Waals surface area contributed by atoms with Crippen LogP contribution in [0.4, 0.5) is 0 Å². The largest absolute Gasteiger partial charge is 0.333 e. The molecule has 19 heavy (non-hydrogen) atoms. The summed E-state index contributed by atoms with van der Waals surface area (Å²) in [5.41, 5.74) is 2.81. The Morgan fingerprint density at radius 1 is 1.32 bits per heavy atom. The van der Waals surface area contributed by atoms with Gasteiger partial charge in [-0.05, 0) is 44.7 Å². The highest BCUT2D eigenvalue weighted by Crippen LogP contribution is 2.19. The van der Waals surface area contributed by atoms with Gasteiger partial charge in [0.1, 0.15) is 0 Å². The Hall–Kier alpha value is -1.13. The van der Waals surface area contributed by atoms with Crippen LogP contribution in [0.1, 0.15) is 34.0 Å². The van der Waals surface area contributed by atoms with Crippen LogP contribution >= 0.6 is 11.3 Å². The molecule has 1 N–H and O–H groups in total. The highest BCUT2D eigenvalue weighted by Gasteiger charge is 2.14. The van der Waals surface area contributed by atoms with Gasteiger partial charge in [0.05, 0.1) is 12.0 Å². The Kier molecular flexibility index (Phi) is 3.99. The first-order valence-electron chi connectivity index (χ1n) is 7.12. The molecule has 1 aliphatic rings. The van der Waals surface area contributed by atoms with E-state index in [2.05, 4.69) is 33.9 Å². The van der Waals surface area contributed by atoms with Crippen LogP contribution in [0.5, 0.6) is 0 Å². The third kappa shape index (κ3) is 3.07. The minimum absolute atomic E-state index is 0.982. The van der Waals surface area contributed by atoms with E-state index in [1.54, 1.807) is 0 Å². The molecule has 0 unspecified atom stereocenters. The third-order valence-electron chi connectivity index (χ3n) is 3.73. The minimum atomic E-state index is 0.982. The van der Waals surface area contributed by atoms with Gasteiger partial charge in [0, 0.05) is 35.1 Å². The second-order valence-corrected chi connectivity index (χ2v) is 6.60. The van der Waals surface area contributed by atoms with Crippen molar-refractivity contribution in [2.45, 2.75) is 45.7 Å². The van der Waals surface area contributed by atoms with E-state index in [0.717, 1.165) is 19.6 Å². The zero-order chi connectivity index (χ0) is 13.1. The Morgan fingerprint density at radius 2 is 2.21 bits per heavy atom. The summed E-state index contributed by atoms with van der Waals surface area (Å²) in [6.45, 7) is 5.19. The fraction of sp³-hybridized carbons (Fsp3) is 0.533. The number of hydrogen-bond donors (Lipinski definition) is 1. The van der Waals surface area contributed by atoms with Gasteiger partial charge in [-0.25, -0.2) is 4.98 Å². The topological polar surface area (TPSA) is 29.9 Å². The molecule has 2 heterocycles. The summed E-state index contributed by atoms with van der Waals surface area (Å²) in [4.78, 5) is 7.34. The van der Waals surface area contributed by atoms with Gasteiger partial charge in [-0.3, -0.25) is 0 Å². The molecule has 0 aliphatic heterocycles. The van der Waals surface area contributed by atoms with Crippen molar-refractivity contribution in [2.24, 2.45) is 0 Å². The number of rotatable bonds is 5. The Morgan fingerprint density at radius 3 is 3.05 bits per heavy atom. The second-order valence-electron chi connectivity index (χ2n) is 5.23. The van der Waals surface area contributed by atoms with Gasteiger partial charge >= 0.3 is 0 Å². The zero-order valence-electron chi connectivity index (χ0n) is 11.5. The molecular weight excluding hydrogens is 254 g/mol. The molecule has 4 heteroatoms. The number of aryl methyl sites for hydroxylation is 2. The van der Waals surface area contributed by atoms with Crippen molar-refractivity contribution in [3.05, 3.63) is 39.6 Å². The van der Waals surface area contributed by atoms with E-state index < -0.39 is 0 Å². The van der Waals surface area contributed by atoms with Crippen molar-refractivity contribution in [2.75, 3.05) is 6.54 Å². The quantitative estimate of drug-likeness (QED) is 0.850. The van der Waals surface area contributed by atoms with Gasteiger partial charge in [-0.15, -0.1) is 11.3 Å². The lowest BCUT2D eigenvalue weighted by molar-refractivity contribution is 0.564. The number of nitrogens with one attached hydrogen (secondary N) is 1. The molecule has 0 radical (unpaired) electrons. The van der Waals surface area contributed by atoms with Crippen LogP contribution in [0.2, 0.25) is 0 Å². The standard InChI is InChI=1S/C15H21N3S/c1-12-6-7-13(19-12)10-16-8-9-18-11-17-14-4-2-3-5-15(14)18/h6-7,11,16H,2-5,8-10H2,1H3. The lowest BCUT2D eigenvalue weighted by Crippen LogP contribution is -2.20. The maximum atomic E-state index is 4.53. The number of hydrogen-bond acceptors (Lipinski definition) is 3. The highest BCUT2D eigenvalue weighted by molar-refractivity contribution is 7.11. The third-order valence-corrected chi connectivity index (χ3v) is 4.74. The first kappa shape index (κ1) is 12.9. The summed E-state index contributed by atoms with van der Waals surface area (Å²) in [6, 6.07) is 4.40. The summed E-state index contributed by atoms with van der Waals surface area (Å²) in [7, 11) is 0. The molecule has 2 aromatic rings. The summed E-state index contributed by atoms with van der Waals surface area (Å²) in [5, 5.41) is 3.52. The molecule has 0 amide bonds. The number of aromatic nitrogens is 2. The SMILES string of the molecule is Cc1ccc(CNCCn2cnc3c2CCCC3)s1. The smallest absolute Gasteiger partial charge is 0.0952 e. The molecule has 1 aliphatic carbocycles. The van der Waals surface area contributed by atoms with Crippen molar-refractivity contribution >= 4 is 11.3 Å². The number of imidazole rings is 1. The number of fused-ring (bicyclic) bond motifs is 1. The van der Waals surface area contributed by atoms with Crippen molar-refractivity contribution in [1.82, 2.24) is 14.9 Å². The highest BCUT2D eigenvalue weighted by atomic mass is 32.1. The Balaban J connectivity index is 1.48. The predicted octanol–water partition coefficient (Wildman–Crippen LogP) is 2.92. The zero-order valence-corrected chi connectivity index (χ0v) is 12.3. The molecule has 0 aromatic carbocycles. The van der Waals surface area contributed by atoms with E-state index >= 15 is 0 Å². The molecule has 2 aromatic heterocycles. The average molecular weight is 275 g/mol. The van der Waals surface area contributed by atoms with Crippen LogP contribution in [-0.4, -0.2) is 16.1 Å². The lowest BCUT2D eigenvalue weighted by Gasteiger charge is -2.14. The fourth-order valence-electron chi connectivity index (χ4n) is 2.71. The lowest BCUT2D eigenvalue weighted by atomic mass is 10.0. The molecule has 0 saturated carbocycles. The molecule has 3 nitrogen and oxygen atoms in total. The molecule has 3 rings (SSSR count). The average Bonchev–Trinajstić information content (AvgIpc) is 3.02. The van der Waals surface area contributed by atoms with Gasteiger partial charge in [0.25, 0.3) is 0 Å². The summed E-state index contributed by atoms with van der Waals surface area (Å²) >= 11 is 1.88. The molecule has 0 atom stereocenters. The van der Waals surface area contributed by atoms with Crippen molar-refractivity contribution < 1.29 is 0 Å². The maximum absolute atomic E-state index is 4.53. The van der Waals surface area contributed by atoms with Gasteiger partial charge < -0.3 is 9.88 Å². The molecule has 102 valence electrons. The van der Waals surface area contributed by atoms with Gasteiger partial charge in [0.2, 0.25) is 0 Å². The van der Waals surface area contributed by atoms with E-state index in [4.69, 9.17) is 0 Å². The number of nitrogens with zero attached hydrogens (tertiary/aromatic N) is 2. The van der Waals surface area contributed by atoms with Crippen molar-refractivity contribution in [3.8, 4) is 0 Å². The predicted molar refractivity (Wildman–Crippen MR) is 79.6 cm³/mol. The first-order valence-corrected chi connectivity index (χ1v) is 7.93.